The van der Waals surface area contributed by atoms with Gasteiger partial charge in [-0.25, -0.2) is 4.68 Å². The molecule has 1 aliphatic heterocycles. The maximum Gasteiger partial charge on any atom is 0.255 e. The van der Waals surface area contributed by atoms with Gasteiger partial charge in [-0.2, -0.15) is 10.1 Å². The van der Waals surface area contributed by atoms with E-state index < -0.39 is 6.04 Å². The van der Waals surface area contributed by atoms with Gasteiger partial charge < -0.3 is 20.1 Å². The molecule has 0 aliphatic carbocycles. The van der Waals surface area contributed by atoms with Crippen molar-refractivity contribution in [1.29, 1.82) is 0 Å². The molecule has 0 radical (unpaired) electrons. The Balaban J connectivity index is 1.76. The zero-order valence-electron chi connectivity index (χ0n) is 17.3. The lowest BCUT2D eigenvalue weighted by Gasteiger charge is -2.29. The number of halogens is 1. The highest BCUT2D eigenvalue weighted by Crippen LogP contribution is 2.38. The minimum absolute atomic E-state index is 0.217. The Hall–Kier alpha value is -3.08. The Morgan fingerprint density at radius 2 is 2.00 bits per heavy atom. The predicted molar refractivity (Wildman–Crippen MR) is 126 cm³/mol. The van der Waals surface area contributed by atoms with Gasteiger partial charge in [0.2, 0.25) is 5.95 Å². The highest BCUT2D eigenvalue weighted by atomic mass is 127. The molecule has 160 valence electrons. The third-order valence-corrected chi connectivity index (χ3v) is 5.66. The molecule has 2 aromatic carbocycles. The Morgan fingerprint density at radius 1 is 1.23 bits per heavy atom. The first kappa shape index (κ1) is 21.2. The van der Waals surface area contributed by atoms with Crippen LogP contribution in [0.1, 0.15) is 25.5 Å². The molecule has 2 N–H and O–H groups in total. The normalized spacial score (nSPS) is 15.2. The minimum Gasteiger partial charge on any atom is -0.493 e. The fraction of sp³-hybridized carbons (Fsp3) is 0.227. The van der Waals surface area contributed by atoms with E-state index >= 15 is 0 Å². The molecule has 1 aromatic heterocycles. The van der Waals surface area contributed by atoms with Crippen LogP contribution in [-0.4, -0.2) is 34.4 Å². The lowest BCUT2D eigenvalue weighted by Crippen LogP contribution is -2.31. The number of carbonyl (C=O) groups excluding carboxylic acids is 1. The summed E-state index contributed by atoms with van der Waals surface area (Å²) >= 11 is 2.23. The molecule has 9 heteroatoms. The van der Waals surface area contributed by atoms with Crippen molar-refractivity contribution in [2.45, 2.75) is 19.9 Å². The van der Waals surface area contributed by atoms with Gasteiger partial charge in [0.25, 0.3) is 5.91 Å². The molecule has 0 saturated carbocycles. The standard InChI is InChI=1S/C22H22IN5O3/c1-4-31-17-10-5-14(11-18(17)30-3)20-19(13(2)26-22-24-12-25-28(20)22)21(29)27-16-8-6-15(23)7-9-16/h5-12,20H,4H2,1-3H3,(H,27,29)(H,24,25,26)/t20-/m0/s1. The summed E-state index contributed by atoms with van der Waals surface area (Å²) in [5, 5.41) is 10.5. The highest BCUT2D eigenvalue weighted by molar-refractivity contribution is 14.1. The lowest BCUT2D eigenvalue weighted by molar-refractivity contribution is -0.113. The maximum atomic E-state index is 13.4. The summed E-state index contributed by atoms with van der Waals surface area (Å²) in [4.78, 5) is 17.7. The quantitative estimate of drug-likeness (QED) is 0.464. The maximum absolute atomic E-state index is 13.4. The first-order chi connectivity index (χ1) is 15.0. The summed E-state index contributed by atoms with van der Waals surface area (Å²) < 4.78 is 14.0. The van der Waals surface area contributed by atoms with E-state index in [1.54, 1.807) is 11.8 Å². The zero-order valence-corrected chi connectivity index (χ0v) is 19.5. The Morgan fingerprint density at radius 3 is 2.71 bits per heavy atom. The number of anilines is 2. The van der Waals surface area contributed by atoms with E-state index in [9.17, 15) is 4.79 Å². The molecule has 0 bridgehead atoms. The topological polar surface area (TPSA) is 90.3 Å². The first-order valence-corrected chi connectivity index (χ1v) is 10.8. The number of ether oxygens (including phenoxy) is 2. The average molecular weight is 531 g/mol. The smallest absolute Gasteiger partial charge is 0.255 e. The largest absolute Gasteiger partial charge is 0.493 e. The van der Waals surface area contributed by atoms with Crippen LogP contribution < -0.4 is 20.1 Å². The van der Waals surface area contributed by atoms with Gasteiger partial charge in [-0.3, -0.25) is 4.79 Å². The summed E-state index contributed by atoms with van der Waals surface area (Å²) in [6, 6.07) is 12.8. The van der Waals surface area contributed by atoms with E-state index in [0.717, 1.165) is 14.8 Å². The van der Waals surface area contributed by atoms with Crippen LogP contribution in [0.3, 0.4) is 0 Å². The number of fused-ring (bicyclic) bond motifs is 1. The van der Waals surface area contributed by atoms with Gasteiger partial charge in [0.15, 0.2) is 11.5 Å². The Kier molecular flexibility index (Phi) is 6.12. The van der Waals surface area contributed by atoms with E-state index in [1.807, 2.05) is 56.3 Å². The molecule has 8 nitrogen and oxygen atoms in total. The second kappa shape index (κ2) is 8.96. The lowest BCUT2D eigenvalue weighted by atomic mass is 9.94. The molecule has 0 saturated heterocycles. The second-order valence-electron chi connectivity index (χ2n) is 6.90. The van der Waals surface area contributed by atoms with Gasteiger partial charge in [0.05, 0.1) is 19.3 Å². The Labute approximate surface area is 193 Å². The molecule has 0 spiro atoms. The molecular weight excluding hydrogens is 509 g/mol. The molecule has 1 aliphatic rings. The fourth-order valence-corrected chi connectivity index (χ4v) is 3.91. The van der Waals surface area contributed by atoms with Crippen LogP contribution in [0.2, 0.25) is 0 Å². The van der Waals surface area contributed by atoms with Crippen LogP contribution in [0.15, 0.2) is 60.1 Å². The molecular formula is C22H22IN5O3. The van der Waals surface area contributed by atoms with Gasteiger partial charge in [-0.05, 0) is 78.4 Å². The molecule has 31 heavy (non-hydrogen) atoms. The molecule has 0 fully saturated rings. The molecule has 4 rings (SSSR count). The van der Waals surface area contributed by atoms with E-state index in [0.29, 0.717) is 35.3 Å². The number of carbonyl (C=O) groups is 1. The number of hydrogen-bond acceptors (Lipinski definition) is 6. The number of nitrogens with zero attached hydrogens (tertiary/aromatic N) is 3. The van der Waals surface area contributed by atoms with Crippen LogP contribution in [0.5, 0.6) is 11.5 Å². The molecule has 2 heterocycles. The zero-order chi connectivity index (χ0) is 22.0. The molecule has 1 amide bonds. The van der Waals surface area contributed by atoms with Crippen molar-refractivity contribution in [3.63, 3.8) is 0 Å². The summed E-state index contributed by atoms with van der Waals surface area (Å²) in [6.45, 7) is 4.31. The number of amides is 1. The summed E-state index contributed by atoms with van der Waals surface area (Å²) in [6.07, 6.45) is 1.47. The van der Waals surface area contributed by atoms with Gasteiger partial charge in [-0.1, -0.05) is 6.07 Å². The van der Waals surface area contributed by atoms with Crippen molar-refractivity contribution in [3.05, 3.63) is 69.2 Å². The highest BCUT2D eigenvalue weighted by Gasteiger charge is 2.34. The van der Waals surface area contributed by atoms with Crippen LogP contribution in [0.25, 0.3) is 0 Å². The van der Waals surface area contributed by atoms with Crippen molar-refractivity contribution in [2.24, 2.45) is 0 Å². The summed E-state index contributed by atoms with van der Waals surface area (Å²) in [7, 11) is 1.59. The van der Waals surface area contributed by atoms with Crippen LogP contribution >= 0.6 is 22.6 Å². The number of hydrogen-bond donors (Lipinski definition) is 2. The molecule has 3 aromatic rings. The minimum atomic E-state index is -0.479. The number of methoxy groups -OCH3 is 1. The number of nitrogens with one attached hydrogen (secondary N) is 2. The molecule has 1 atom stereocenters. The second-order valence-corrected chi connectivity index (χ2v) is 8.14. The third kappa shape index (κ3) is 4.22. The fourth-order valence-electron chi connectivity index (χ4n) is 3.55. The van der Waals surface area contributed by atoms with E-state index in [4.69, 9.17) is 9.47 Å². The first-order valence-electron chi connectivity index (χ1n) is 9.76. The summed E-state index contributed by atoms with van der Waals surface area (Å²) in [5.41, 5.74) is 2.81. The van der Waals surface area contributed by atoms with Crippen LogP contribution in [0.4, 0.5) is 11.6 Å². The third-order valence-electron chi connectivity index (χ3n) is 4.94. The van der Waals surface area contributed by atoms with E-state index in [2.05, 4.69) is 43.3 Å². The number of aromatic nitrogens is 3. The van der Waals surface area contributed by atoms with Gasteiger partial charge in [-0.15, -0.1) is 0 Å². The van der Waals surface area contributed by atoms with Crippen LogP contribution in [-0.2, 0) is 4.79 Å². The van der Waals surface area contributed by atoms with Crippen molar-refractivity contribution >= 4 is 40.1 Å². The average Bonchev–Trinajstić information content (AvgIpc) is 3.23. The van der Waals surface area contributed by atoms with Gasteiger partial charge >= 0.3 is 0 Å². The van der Waals surface area contributed by atoms with Crippen molar-refractivity contribution in [3.8, 4) is 11.5 Å². The SMILES string of the molecule is CCOc1ccc([C@H]2C(C(=O)Nc3ccc(I)cc3)=C(C)Nc3ncnn32)cc1OC. The summed E-state index contributed by atoms with van der Waals surface area (Å²) in [5.74, 6) is 1.59. The van der Waals surface area contributed by atoms with Crippen molar-refractivity contribution < 1.29 is 14.3 Å². The van der Waals surface area contributed by atoms with E-state index in [-0.39, 0.29) is 5.91 Å². The molecule has 0 unspecified atom stereocenters. The van der Waals surface area contributed by atoms with E-state index in [1.165, 1.54) is 6.33 Å². The van der Waals surface area contributed by atoms with Crippen molar-refractivity contribution in [1.82, 2.24) is 14.8 Å². The monoisotopic (exact) mass is 531 g/mol. The number of allylic oxidation sites excluding steroid dienone is 1. The van der Waals surface area contributed by atoms with Crippen LogP contribution in [0, 0.1) is 3.57 Å². The van der Waals surface area contributed by atoms with Crippen molar-refractivity contribution in [2.75, 3.05) is 24.4 Å². The predicted octanol–water partition coefficient (Wildman–Crippen LogP) is 4.22. The Bertz CT molecular complexity index is 1140. The van der Waals surface area contributed by atoms with Gasteiger partial charge in [0, 0.05) is 15.0 Å². The van der Waals surface area contributed by atoms with Gasteiger partial charge in [0.1, 0.15) is 12.4 Å². The number of benzene rings is 2. The number of rotatable bonds is 6.